The Morgan fingerprint density at radius 2 is 1.87 bits per heavy atom. The lowest BCUT2D eigenvalue weighted by molar-refractivity contribution is -0.135. The Kier molecular flexibility index (Phi) is 9.96. The van der Waals surface area contributed by atoms with Gasteiger partial charge in [-0.25, -0.2) is 9.38 Å². The highest BCUT2D eigenvalue weighted by Gasteiger charge is 2.30. The molecule has 1 atom stereocenters. The van der Waals surface area contributed by atoms with Crippen LogP contribution in [0.3, 0.4) is 0 Å². The molecular formula is C22H32FIN6O. The number of nitriles is 1. The lowest BCUT2D eigenvalue weighted by Gasteiger charge is -2.39. The maximum Gasteiger partial charge on any atom is 0.239 e. The number of guanidine groups is 1. The number of likely N-dealkylation sites (tertiary alicyclic amines) is 1. The average molecular weight is 542 g/mol. The number of halogens is 2. The number of nitrogens with zero attached hydrogens (tertiary/aromatic N) is 5. The van der Waals surface area contributed by atoms with Crippen molar-refractivity contribution in [2.75, 3.05) is 45.8 Å². The van der Waals surface area contributed by atoms with E-state index >= 15 is 0 Å². The van der Waals surface area contributed by atoms with E-state index in [1.54, 1.807) is 6.07 Å². The number of rotatable bonds is 5. The van der Waals surface area contributed by atoms with E-state index in [0.29, 0.717) is 17.7 Å². The number of carbonyl (C=O) groups excluding carboxylic acids is 1. The summed E-state index contributed by atoms with van der Waals surface area (Å²) in [6.45, 7) is 9.71. The SMILES string of the molecule is CCNC(=NCc1cc(C#N)ccc1F)N1CCN(C(C)C(=O)N2CCCC2)CC1.I. The van der Waals surface area contributed by atoms with Gasteiger partial charge in [-0.3, -0.25) is 9.69 Å². The molecule has 1 aromatic rings. The predicted molar refractivity (Wildman–Crippen MR) is 130 cm³/mol. The summed E-state index contributed by atoms with van der Waals surface area (Å²) < 4.78 is 14.1. The monoisotopic (exact) mass is 542 g/mol. The maximum absolute atomic E-state index is 14.1. The summed E-state index contributed by atoms with van der Waals surface area (Å²) in [7, 11) is 0. The molecule has 3 rings (SSSR count). The minimum absolute atomic E-state index is 0. The summed E-state index contributed by atoms with van der Waals surface area (Å²) in [5.41, 5.74) is 0.838. The molecule has 1 amide bonds. The topological polar surface area (TPSA) is 75.0 Å². The van der Waals surface area contributed by atoms with E-state index < -0.39 is 0 Å². The number of hydrogen-bond acceptors (Lipinski definition) is 4. The number of carbonyl (C=O) groups is 1. The number of hydrogen-bond donors (Lipinski definition) is 1. The van der Waals surface area contributed by atoms with Crippen molar-refractivity contribution in [3.8, 4) is 6.07 Å². The highest BCUT2D eigenvalue weighted by atomic mass is 127. The van der Waals surface area contributed by atoms with E-state index in [0.717, 1.165) is 58.1 Å². The number of benzene rings is 1. The van der Waals surface area contributed by atoms with Crippen LogP contribution >= 0.6 is 24.0 Å². The summed E-state index contributed by atoms with van der Waals surface area (Å²) in [6, 6.07) is 6.26. The first-order valence-corrected chi connectivity index (χ1v) is 10.8. The molecule has 2 fully saturated rings. The number of amides is 1. The van der Waals surface area contributed by atoms with Gasteiger partial charge < -0.3 is 15.1 Å². The van der Waals surface area contributed by atoms with Gasteiger partial charge in [0.05, 0.1) is 24.2 Å². The molecule has 0 bridgehead atoms. The minimum atomic E-state index is -0.354. The Bertz CT molecular complexity index is 813. The molecule has 170 valence electrons. The summed E-state index contributed by atoms with van der Waals surface area (Å²) in [4.78, 5) is 23.6. The van der Waals surface area contributed by atoms with E-state index in [-0.39, 0.29) is 48.3 Å². The molecule has 9 heteroatoms. The zero-order valence-electron chi connectivity index (χ0n) is 18.3. The normalized spacial score (nSPS) is 18.3. The highest BCUT2D eigenvalue weighted by Crippen LogP contribution is 2.15. The second-order valence-electron chi connectivity index (χ2n) is 7.82. The van der Waals surface area contributed by atoms with Gasteiger partial charge in [-0.1, -0.05) is 0 Å². The first-order chi connectivity index (χ1) is 14.5. The summed E-state index contributed by atoms with van der Waals surface area (Å²) in [5.74, 6) is 0.611. The van der Waals surface area contributed by atoms with Gasteiger partial charge in [0.1, 0.15) is 5.82 Å². The van der Waals surface area contributed by atoms with Crippen LogP contribution in [-0.4, -0.2) is 78.4 Å². The molecule has 1 unspecified atom stereocenters. The molecule has 0 aliphatic carbocycles. The zero-order chi connectivity index (χ0) is 21.5. The van der Waals surface area contributed by atoms with Gasteiger partial charge in [-0.15, -0.1) is 24.0 Å². The molecule has 2 aliphatic rings. The quantitative estimate of drug-likeness (QED) is 0.352. The van der Waals surface area contributed by atoms with Gasteiger partial charge in [0.15, 0.2) is 5.96 Å². The zero-order valence-corrected chi connectivity index (χ0v) is 20.6. The third-order valence-electron chi connectivity index (χ3n) is 5.85. The number of piperazine rings is 1. The fourth-order valence-electron chi connectivity index (χ4n) is 4.03. The molecule has 2 saturated heterocycles. The number of nitrogens with one attached hydrogen (secondary N) is 1. The minimum Gasteiger partial charge on any atom is -0.357 e. The van der Waals surface area contributed by atoms with E-state index in [1.807, 2.05) is 24.8 Å². The Hall–Kier alpha value is -1.93. The van der Waals surface area contributed by atoms with Crippen molar-refractivity contribution < 1.29 is 9.18 Å². The van der Waals surface area contributed by atoms with Crippen molar-refractivity contribution in [3.63, 3.8) is 0 Å². The lowest BCUT2D eigenvalue weighted by Crippen LogP contribution is -2.57. The third-order valence-corrected chi connectivity index (χ3v) is 5.85. The van der Waals surface area contributed by atoms with Crippen LogP contribution in [0.15, 0.2) is 23.2 Å². The van der Waals surface area contributed by atoms with E-state index in [4.69, 9.17) is 5.26 Å². The van der Waals surface area contributed by atoms with Gasteiger partial charge in [0, 0.05) is 51.4 Å². The molecule has 0 radical (unpaired) electrons. The summed E-state index contributed by atoms with van der Waals surface area (Å²) >= 11 is 0. The van der Waals surface area contributed by atoms with Crippen LogP contribution in [0.4, 0.5) is 4.39 Å². The average Bonchev–Trinajstić information content (AvgIpc) is 3.31. The van der Waals surface area contributed by atoms with E-state index in [2.05, 4.69) is 20.1 Å². The molecule has 0 spiro atoms. The van der Waals surface area contributed by atoms with Crippen molar-refractivity contribution >= 4 is 35.8 Å². The van der Waals surface area contributed by atoms with Crippen LogP contribution in [0.25, 0.3) is 0 Å². The van der Waals surface area contributed by atoms with Gasteiger partial charge in [-0.2, -0.15) is 5.26 Å². The van der Waals surface area contributed by atoms with E-state index in [1.165, 1.54) is 12.1 Å². The Morgan fingerprint density at radius 1 is 1.19 bits per heavy atom. The first-order valence-electron chi connectivity index (χ1n) is 10.8. The molecule has 2 aliphatic heterocycles. The lowest BCUT2D eigenvalue weighted by atomic mass is 10.1. The van der Waals surface area contributed by atoms with Crippen molar-refractivity contribution in [2.24, 2.45) is 4.99 Å². The van der Waals surface area contributed by atoms with Crippen LogP contribution < -0.4 is 5.32 Å². The molecule has 2 heterocycles. The van der Waals surface area contributed by atoms with Crippen LogP contribution in [0.1, 0.15) is 37.8 Å². The highest BCUT2D eigenvalue weighted by molar-refractivity contribution is 14.0. The van der Waals surface area contributed by atoms with E-state index in [9.17, 15) is 9.18 Å². The van der Waals surface area contributed by atoms with Crippen LogP contribution in [0.2, 0.25) is 0 Å². The smallest absolute Gasteiger partial charge is 0.239 e. The third kappa shape index (κ3) is 6.53. The second-order valence-corrected chi connectivity index (χ2v) is 7.82. The molecule has 0 aromatic heterocycles. The molecule has 1 N–H and O–H groups in total. The fraction of sp³-hybridized carbons (Fsp3) is 0.591. The van der Waals surface area contributed by atoms with Gasteiger partial charge in [-0.05, 0) is 44.9 Å². The fourth-order valence-corrected chi connectivity index (χ4v) is 4.03. The van der Waals surface area contributed by atoms with Crippen LogP contribution in [0, 0.1) is 17.1 Å². The molecule has 31 heavy (non-hydrogen) atoms. The molecular weight excluding hydrogens is 510 g/mol. The summed E-state index contributed by atoms with van der Waals surface area (Å²) in [5, 5.41) is 12.3. The largest absolute Gasteiger partial charge is 0.357 e. The van der Waals surface area contributed by atoms with Gasteiger partial charge in [0.2, 0.25) is 5.91 Å². The maximum atomic E-state index is 14.1. The van der Waals surface area contributed by atoms with Crippen molar-refractivity contribution in [2.45, 2.75) is 39.3 Å². The van der Waals surface area contributed by atoms with Gasteiger partial charge >= 0.3 is 0 Å². The van der Waals surface area contributed by atoms with Crippen molar-refractivity contribution in [1.82, 2.24) is 20.0 Å². The Morgan fingerprint density at radius 3 is 2.48 bits per heavy atom. The Labute approximate surface area is 201 Å². The predicted octanol–water partition coefficient (Wildman–Crippen LogP) is 2.41. The first kappa shape index (κ1) is 25.3. The number of aliphatic imine (C=N–C) groups is 1. The van der Waals surface area contributed by atoms with Gasteiger partial charge in [0.25, 0.3) is 0 Å². The van der Waals surface area contributed by atoms with Crippen molar-refractivity contribution in [3.05, 3.63) is 35.1 Å². The molecule has 0 saturated carbocycles. The second kappa shape index (κ2) is 12.2. The molecule has 1 aromatic carbocycles. The van der Waals surface area contributed by atoms with Crippen molar-refractivity contribution in [1.29, 1.82) is 5.26 Å². The van der Waals surface area contributed by atoms with Crippen LogP contribution in [0.5, 0.6) is 0 Å². The van der Waals surface area contributed by atoms with Crippen LogP contribution in [-0.2, 0) is 11.3 Å². The standard InChI is InChI=1S/C22H31FN6O.HI/c1-3-25-22(26-16-19-14-18(15-24)6-7-20(19)23)29-12-10-27(11-13-29)17(2)21(30)28-8-4-5-9-28;/h6-7,14,17H,3-5,8-13,16H2,1-2H3,(H,25,26);1H. The Balaban J connectivity index is 0.00000341. The molecule has 7 nitrogen and oxygen atoms in total. The summed E-state index contributed by atoms with van der Waals surface area (Å²) in [6.07, 6.45) is 2.21.